The standard InChI is InChI=1S/C16H21N5O2S/c1-10(2)16-20-14(21-23-16)8-18-15(22)11-3-4-13(17-7-11)19-12-5-6-24-9-12/h3-4,7,10,12H,5-6,8-9H2,1-2H3,(H,17,19)(H,18,22). The van der Waals surface area contributed by atoms with Crippen LogP contribution in [-0.4, -0.2) is 38.6 Å². The Bertz CT molecular complexity index is 680. The largest absolute Gasteiger partial charge is 0.366 e. The first-order valence-electron chi connectivity index (χ1n) is 8.03. The molecule has 7 nitrogen and oxygen atoms in total. The van der Waals surface area contributed by atoms with Crippen molar-refractivity contribution in [2.45, 2.75) is 38.8 Å². The van der Waals surface area contributed by atoms with Crippen LogP contribution in [0.15, 0.2) is 22.9 Å². The molecule has 24 heavy (non-hydrogen) atoms. The summed E-state index contributed by atoms with van der Waals surface area (Å²) >= 11 is 1.94. The number of thioether (sulfide) groups is 1. The molecule has 1 saturated heterocycles. The molecular formula is C16H21N5O2S. The molecule has 0 saturated carbocycles. The van der Waals surface area contributed by atoms with Crippen LogP contribution in [0.5, 0.6) is 0 Å². The molecule has 8 heteroatoms. The smallest absolute Gasteiger partial charge is 0.253 e. The average molecular weight is 347 g/mol. The number of carbonyl (C=O) groups excluding carboxylic acids is 1. The molecule has 1 unspecified atom stereocenters. The van der Waals surface area contributed by atoms with Crippen molar-refractivity contribution in [3.63, 3.8) is 0 Å². The van der Waals surface area contributed by atoms with E-state index in [2.05, 4.69) is 25.8 Å². The zero-order chi connectivity index (χ0) is 16.9. The van der Waals surface area contributed by atoms with Gasteiger partial charge in [-0.3, -0.25) is 4.79 Å². The zero-order valence-corrected chi connectivity index (χ0v) is 14.6. The Morgan fingerprint density at radius 3 is 2.96 bits per heavy atom. The number of anilines is 1. The Hall–Kier alpha value is -2.09. The van der Waals surface area contributed by atoms with Gasteiger partial charge in [0.25, 0.3) is 5.91 Å². The lowest BCUT2D eigenvalue weighted by atomic mass is 10.2. The summed E-state index contributed by atoms with van der Waals surface area (Å²) in [5, 5.41) is 10.0. The highest BCUT2D eigenvalue weighted by atomic mass is 32.2. The fourth-order valence-corrected chi connectivity index (χ4v) is 3.46. The van der Waals surface area contributed by atoms with Gasteiger partial charge < -0.3 is 15.2 Å². The topological polar surface area (TPSA) is 92.9 Å². The normalized spacial score (nSPS) is 17.2. The molecule has 128 valence electrons. The van der Waals surface area contributed by atoms with E-state index in [-0.39, 0.29) is 18.4 Å². The lowest BCUT2D eigenvalue weighted by Gasteiger charge is -2.12. The van der Waals surface area contributed by atoms with E-state index in [0.29, 0.717) is 23.3 Å². The van der Waals surface area contributed by atoms with Crippen LogP contribution >= 0.6 is 11.8 Å². The molecule has 1 fully saturated rings. The number of hydrogen-bond donors (Lipinski definition) is 2. The Balaban J connectivity index is 1.52. The summed E-state index contributed by atoms with van der Waals surface area (Å²) in [6, 6.07) is 4.07. The molecule has 0 spiro atoms. The third-order valence-corrected chi connectivity index (χ3v) is 4.85. The molecule has 1 amide bonds. The van der Waals surface area contributed by atoms with E-state index in [1.54, 1.807) is 12.3 Å². The van der Waals surface area contributed by atoms with E-state index in [4.69, 9.17) is 4.52 Å². The van der Waals surface area contributed by atoms with Crippen LogP contribution in [0.2, 0.25) is 0 Å². The van der Waals surface area contributed by atoms with Crippen LogP contribution in [0, 0.1) is 0 Å². The summed E-state index contributed by atoms with van der Waals surface area (Å²) < 4.78 is 5.11. The van der Waals surface area contributed by atoms with E-state index in [9.17, 15) is 4.79 Å². The van der Waals surface area contributed by atoms with E-state index in [1.165, 1.54) is 5.75 Å². The highest BCUT2D eigenvalue weighted by molar-refractivity contribution is 7.99. The molecule has 2 N–H and O–H groups in total. The first kappa shape index (κ1) is 16.8. The lowest BCUT2D eigenvalue weighted by molar-refractivity contribution is 0.0949. The van der Waals surface area contributed by atoms with Crippen LogP contribution in [0.25, 0.3) is 0 Å². The maximum Gasteiger partial charge on any atom is 0.253 e. The van der Waals surface area contributed by atoms with E-state index >= 15 is 0 Å². The molecule has 0 aromatic carbocycles. The molecule has 1 aliphatic rings. The van der Waals surface area contributed by atoms with Gasteiger partial charge in [0.2, 0.25) is 5.89 Å². The second kappa shape index (κ2) is 7.65. The van der Waals surface area contributed by atoms with Gasteiger partial charge in [0.05, 0.1) is 12.1 Å². The number of rotatable bonds is 6. The van der Waals surface area contributed by atoms with Crippen molar-refractivity contribution in [1.29, 1.82) is 0 Å². The maximum absolute atomic E-state index is 12.2. The van der Waals surface area contributed by atoms with Gasteiger partial charge in [-0.25, -0.2) is 4.98 Å². The molecule has 2 aromatic rings. The van der Waals surface area contributed by atoms with Gasteiger partial charge >= 0.3 is 0 Å². The number of nitrogens with one attached hydrogen (secondary N) is 2. The number of aromatic nitrogens is 3. The Labute approximate surface area is 145 Å². The van der Waals surface area contributed by atoms with Gasteiger partial charge in [-0.2, -0.15) is 16.7 Å². The average Bonchev–Trinajstić information content (AvgIpc) is 3.25. The van der Waals surface area contributed by atoms with Crippen molar-refractivity contribution in [2.24, 2.45) is 0 Å². The van der Waals surface area contributed by atoms with E-state index in [0.717, 1.165) is 18.0 Å². The van der Waals surface area contributed by atoms with Crippen molar-refractivity contribution in [3.8, 4) is 0 Å². The summed E-state index contributed by atoms with van der Waals surface area (Å²) in [7, 11) is 0. The second-order valence-corrected chi connectivity index (χ2v) is 7.17. The van der Waals surface area contributed by atoms with Crippen LogP contribution in [0.1, 0.15) is 48.3 Å². The molecule has 0 bridgehead atoms. The first-order valence-corrected chi connectivity index (χ1v) is 9.18. The number of pyridine rings is 1. The molecular weight excluding hydrogens is 326 g/mol. The van der Waals surface area contributed by atoms with Crippen LogP contribution in [-0.2, 0) is 6.54 Å². The summed E-state index contributed by atoms with van der Waals surface area (Å²) in [5.41, 5.74) is 0.508. The predicted octanol–water partition coefficient (Wildman–Crippen LogP) is 2.44. The van der Waals surface area contributed by atoms with E-state index in [1.807, 2.05) is 31.7 Å². The van der Waals surface area contributed by atoms with Crippen LogP contribution in [0.4, 0.5) is 5.82 Å². The van der Waals surface area contributed by atoms with Crippen molar-refractivity contribution in [1.82, 2.24) is 20.4 Å². The zero-order valence-electron chi connectivity index (χ0n) is 13.8. The molecule has 0 aliphatic carbocycles. The Kier molecular flexibility index (Phi) is 5.34. The highest BCUT2D eigenvalue weighted by Gasteiger charge is 2.16. The van der Waals surface area contributed by atoms with Gasteiger partial charge in [0.15, 0.2) is 5.82 Å². The quantitative estimate of drug-likeness (QED) is 0.829. The van der Waals surface area contributed by atoms with Crippen molar-refractivity contribution in [2.75, 3.05) is 16.8 Å². The molecule has 0 radical (unpaired) electrons. The summed E-state index contributed by atoms with van der Waals surface area (Å²) in [4.78, 5) is 20.7. The monoisotopic (exact) mass is 347 g/mol. The third-order valence-electron chi connectivity index (χ3n) is 3.69. The van der Waals surface area contributed by atoms with Crippen molar-refractivity contribution >= 4 is 23.5 Å². The SMILES string of the molecule is CC(C)c1nc(CNC(=O)c2ccc(NC3CCSC3)nc2)no1. The van der Waals surface area contributed by atoms with Gasteiger partial charge in [-0.1, -0.05) is 19.0 Å². The molecule has 2 aromatic heterocycles. The van der Waals surface area contributed by atoms with Crippen molar-refractivity contribution < 1.29 is 9.32 Å². The number of hydrogen-bond acceptors (Lipinski definition) is 7. The minimum atomic E-state index is -0.207. The summed E-state index contributed by atoms with van der Waals surface area (Å²) in [6.45, 7) is 4.18. The first-order chi connectivity index (χ1) is 11.6. The fourth-order valence-electron chi connectivity index (χ4n) is 2.31. The number of nitrogens with zero attached hydrogens (tertiary/aromatic N) is 3. The van der Waals surface area contributed by atoms with E-state index < -0.39 is 0 Å². The fraction of sp³-hybridized carbons (Fsp3) is 0.500. The number of carbonyl (C=O) groups is 1. The minimum Gasteiger partial charge on any atom is -0.366 e. The van der Waals surface area contributed by atoms with Crippen molar-refractivity contribution in [3.05, 3.63) is 35.6 Å². The lowest BCUT2D eigenvalue weighted by Crippen LogP contribution is -2.24. The third kappa shape index (κ3) is 4.25. The Morgan fingerprint density at radius 2 is 2.33 bits per heavy atom. The number of amides is 1. The predicted molar refractivity (Wildman–Crippen MR) is 93.1 cm³/mol. The van der Waals surface area contributed by atoms with Gasteiger partial charge in [0, 0.05) is 23.9 Å². The summed E-state index contributed by atoms with van der Waals surface area (Å²) in [5.74, 6) is 4.10. The molecule has 3 heterocycles. The van der Waals surface area contributed by atoms with Gasteiger partial charge in [0.1, 0.15) is 5.82 Å². The Morgan fingerprint density at radius 1 is 1.46 bits per heavy atom. The van der Waals surface area contributed by atoms with Gasteiger partial charge in [-0.15, -0.1) is 0 Å². The molecule has 3 rings (SSSR count). The van der Waals surface area contributed by atoms with Crippen LogP contribution < -0.4 is 10.6 Å². The molecule has 1 atom stereocenters. The molecule has 1 aliphatic heterocycles. The highest BCUT2D eigenvalue weighted by Crippen LogP contribution is 2.20. The second-order valence-electron chi connectivity index (χ2n) is 6.02. The van der Waals surface area contributed by atoms with Gasteiger partial charge in [-0.05, 0) is 24.3 Å². The van der Waals surface area contributed by atoms with Crippen LogP contribution in [0.3, 0.4) is 0 Å². The maximum atomic E-state index is 12.2. The summed E-state index contributed by atoms with van der Waals surface area (Å²) in [6.07, 6.45) is 2.73. The minimum absolute atomic E-state index is 0.171.